The van der Waals surface area contributed by atoms with E-state index in [0.717, 1.165) is 11.1 Å². The van der Waals surface area contributed by atoms with Crippen LogP contribution in [-0.4, -0.2) is 27.9 Å². The molecule has 2 amide bonds. The van der Waals surface area contributed by atoms with Crippen LogP contribution in [0.5, 0.6) is 0 Å². The van der Waals surface area contributed by atoms with E-state index in [-0.39, 0.29) is 0 Å². The third-order valence-corrected chi connectivity index (χ3v) is 3.35. The van der Waals surface area contributed by atoms with E-state index in [2.05, 4.69) is 10.7 Å². The van der Waals surface area contributed by atoms with Crippen molar-refractivity contribution in [3.8, 4) is 0 Å². The number of aliphatic carboxylic acids is 1. The molecule has 0 saturated heterocycles. The molecule has 0 saturated carbocycles. The summed E-state index contributed by atoms with van der Waals surface area (Å²) >= 11 is 0. The van der Waals surface area contributed by atoms with Crippen LogP contribution in [0.2, 0.25) is 0 Å². The van der Waals surface area contributed by atoms with Crippen molar-refractivity contribution in [2.24, 2.45) is 0 Å². The fraction of sp³-hybridized carbons (Fsp3) is 0.0625. The molecule has 1 aromatic carbocycles. The minimum absolute atomic E-state index is 0.378. The molecule has 3 rings (SSSR count). The summed E-state index contributed by atoms with van der Waals surface area (Å²) in [6.45, 7) is 0. The van der Waals surface area contributed by atoms with Crippen LogP contribution < -0.4 is 10.7 Å². The molecule has 24 heavy (non-hydrogen) atoms. The Hall–Kier alpha value is -3.55. The van der Waals surface area contributed by atoms with E-state index in [4.69, 9.17) is 9.52 Å². The molecule has 1 aliphatic heterocycles. The van der Waals surface area contributed by atoms with Gasteiger partial charge in [0.2, 0.25) is 0 Å². The highest BCUT2D eigenvalue weighted by Gasteiger charge is 2.35. The number of hydrogen-bond acceptors (Lipinski definition) is 5. The molecule has 1 aromatic heterocycles. The van der Waals surface area contributed by atoms with Crippen LogP contribution in [0.3, 0.4) is 0 Å². The number of amides is 2. The third-order valence-electron chi connectivity index (χ3n) is 3.35. The average Bonchev–Trinajstić information content (AvgIpc) is 3.10. The summed E-state index contributed by atoms with van der Waals surface area (Å²) in [5.74, 6) is -2.03. The van der Waals surface area contributed by atoms with E-state index < -0.39 is 23.9 Å². The second-order valence-corrected chi connectivity index (χ2v) is 4.93. The van der Waals surface area contributed by atoms with Gasteiger partial charge in [0.15, 0.2) is 6.17 Å². The first-order chi connectivity index (χ1) is 11.6. The van der Waals surface area contributed by atoms with Gasteiger partial charge >= 0.3 is 5.97 Å². The first kappa shape index (κ1) is 15.3. The molecule has 122 valence electrons. The Morgan fingerprint density at radius 3 is 2.71 bits per heavy atom. The van der Waals surface area contributed by atoms with Gasteiger partial charge in [-0.1, -0.05) is 12.1 Å². The van der Waals surface area contributed by atoms with Crippen molar-refractivity contribution in [1.29, 1.82) is 0 Å². The van der Waals surface area contributed by atoms with E-state index in [9.17, 15) is 14.4 Å². The van der Waals surface area contributed by atoms with E-state index in [0.29, 0.717) is 23.1 Å². The van der Waals surface area contributed by atoms with Crippen molar-refractivity contribution in [1.82, 2.24) is 10.4 Å². The van der Waals surface area contributed by atoms with E-state index >= 15 is 0 Å². The summed E-state index contributed by atoms with van der Waals surface area (Å²) in [5.41, 5.74) is 3.36. The maximum absolute atomic E-state index is 12.7. The highest BCUT2D eigenvalue weighted by molar-refractivity contribution is 6.03. The van der Waals surface area contributed by atoms with Gasteiger partial charge in [0, 0.05) is 17.8 Å². The predicted octanol–water partition coefficient (Wildman–Crippen LogP) is 1.52. The van der Waals surface area contributed by atoms with Crippen molar-refractivity contribution in [2.45, 2.75) is 6.17 Å². The first-order valence-electron chi connectivity index (χ1n) is 7.00. The van der Waals surface area contributed by atoms with Crippen LogP contribution in [0.25, 0.3) is 0 Å². The van der Waals surface area contributed by atoms with Gasteiger partial charge in [0.25, 0.3) is 11.8 Å². The fourth-order valence-corrected chi connectivity index (χ4v) is 2.32. The molecule has 0 spiro atoms. The van der Waals surface area contributed by atoms with Gasteiger partial charge in [-0.05, 0) is 24.3 Å². The number of para-hydroxylation sites is 1. The number of carbonyl (C=O) groups excluding carboxylic acids is 2. The number of rotatable bonds is 4. The Morgan fingerprint density at radius 1 is 1.21 bits per heavy atom. The zero-order valence-electron chi connectivity index (χ0n) is 12.3. The molecule has 1 aliphatic rings. The Labute approximate surface area is 136 Å². The van der Waals surface area contributed by atoms with E-state index in [1.54, 1.807) is 36.4 Å². The van der Waals surface area contributed by atoms with Crippen LogP contribution in [0.1, 0.15) is 22.3 Å². The number of carbonyl (C=O) groups is 3. The highest BCUT2D eigenvalue weighted by Crippen LogP contribution is 2.31. The minimum atomic E-state index is -1.26. The van der Waals surface area contributed by atoms with Crippen molar-refractivity contribution >= 4 is 23.5 Å². The monoisotopic (exact) mass is 327 g/mol. The Balaban J connectivity index is 1.92. The standard InChI is InChI=1S/C16H13N3O5/c20-13(7-8-14(21)22)18-19-15(12-6-3-9-24-12)17-11-5-2-1-4-10(11)16(19)23/h1-9,15,17H,(H,18,20)(H,21,22)/b8-7+/t15-/m0/s1. The van der Waals surface area contributed by atoms with E-state index in [1.165, 1.54) is 6.26 Å². The summed E-state index contributed by atoms with van der Waals surface area (Å²) in [5, 5.41) is 12.7. The molecule has 0 radical (unpaired) electrons. The van der Waals surface area contributed by atoms with E-state index in [1.807, 2.05) is 0 Å². The van der Waals surface area contributed by atoms with Gasteiger partial charge in [0.05, 0.1) is 11.8 Å². The van der Waals surface area contributed by atoms with Crippen LogP contribution in [0, 0.1) is 0 Å². The molecule has 8 heteroatoms. The zero-order chi connectivity index (χ0) is 17.1. The van der Waals surface area contributed by atoms with Crippen molar-refractivity contribution < 1.29 is 23.9 Å². The van der Waals surface area contributed by atoms with Gasteiger partial charge < -0.3 is 14.8 Å². The van der Waals surface area contributed by atoms with Gasteiger partial charge in [0.1, 0.15) is 5.76 Å². The number of carboxylic acids is 1. The Morgan fingerprint density at radius 2 is 2.00 bits per heavy atom. The lowest BCUT2D eigenvalue weighted by atomic mass is 10.1. The molecule has 1 atom stereocenters. The number of anilines is 1. The molecular formula is C16H13N3O5. The number of hydrazine groups is 1. The number of nitrogens with zero attached hydrogens (tertiary/aromatic N) is 1. The number of carboxylic acid groups (broad SMARTS) is 1. The maximum Gasteiger partial charge on any atom is 0.328 e. The van der Waals surface area contributed by atoms with Crippen LogP contribution in [0.15, 0.2) is 59.2 Å². The number of furan rings is 1. The zero-order valence-corrected chi connectivity index (χ0v) is 12.3. The van der Waals surface area contributed by atoms with Gasteiger partial charge in [-0.2, -0.15) is 0 Å². The van der Waals surface area contributed by atoms with Crippen LogP contribution in [-0.2, 0) is 9.59 Å². The molecule has 2 aromatic rings. The summed E-state index contributed by atoms with van der Waals surface area (Å²) in [6.07, 6.45) is 2.21. The molecule has 8 nitrogen and oxygen atoms in total. The van der Waals surface area contributed by atoms with Gasteiger partial charge in [-0.25, -0.2) is 9.80 Å². The van der Waals surface area contributed by atoms with Crippen molar-refractivity contribution in [3.63, 3.8) is 0 Å². The smallest absolute Gasteiger partial charge is 0.328 e. The Bertz CT molecular complexity index is 813. The summed E-state index contributed by atoms with van der Waals surface area (Å²) < 4.78 is 5.33. The molecular weight excluding hydrogens is 314 g/mol. The van der Waals surface area contributed by atoms with Crippen LogP contribution >= 0.6 is 0 Å². The minimum Gasteiger partial charge on any atom is -0.478 e. The first-order valence-corrected chi connectivity index (χ1v) is 7.00. The third kappa shape index (κ3) is 2.98. The second-order valence-electron chi connectivity index (χ2n) is 4.93. The molecule has 0 fully saturated rings. The highest BCUT2D eigenvalue weighted by atomic mass is 16.4. The summed E-state index contributed by atoms with van der Waals surface area (Å²) in [4.78, 5) is 35.1. The lowest BCUT2D eigenvalue weighted by molar-refractivity contribution is -0.131. The maximum atomic E-state index is 12.7. The lowest BCUT2D eigenvalue weighted by Crippen LogP contribution is -2.52. The number of hydrogen-bond donors (Lipinski definition) is 3. The summed E-state index contributed by atoms with van der Waals surface area (Å²) in [6, 6.07) is 10.2. The molecule has 0 bridgehead atoms. The Kier molecular flexibility index (Phi) is 4.02. The summed E-state index contributed by atoms with van der Waals surface area (Å²) in [7, 11) is 0. The second kappa shape index (κ2) is 6.29. The average molecular weight is 327 g/mol. The van der Waals surface area contributed by atoms with Crippen molar-refractivity contribution in [3.05, 3.63) is 66.1 Å². The molecule has 0 aliphatic carbocycles. The molecule has 0 unspecified atom stereocenters. The topological polar surface area (TPSA) is 112 Å². The quantitative estimate of drug-likeness (QED) is 0.734. The number of benzene rings is 1. The fourth-order valence-electron chi connectivity index (χ4n) is 2.32. The molecule has 3 N–H and O–H groups in total. The number of fused-ring (bicyclic) bond motifs is 1. The molecule has 2 heterocycles. The van der Waals surface area contributed by atoms with Crippen LogP contribution in [0.4, 0.5) is 5.69 Å². The predicted molar refractivity (Wildman–Crippen MR) is 82.6 cm³/mol. The SMILES string of the molecule is O=C(O)/C=C/C(=O)NN1C(=O)c2ccccc2N[C@@H]1c1ccco1. The largest absolute Gasteiger partial charge is 0.478 e. The number of nitrogens with one attached hydrogen (secondary N) is 2. The normalized spacial score (nSPS) is 16.6. The lowest BCUT2D eigenvalue weighted by Gasteiger charge is -2.36. The van der Waals surface area contributed by atoms with Gasteiger partial charge in [-0.15, -0.1) is 0 Å². The van der Waals surface area contributed by atoms with Gasteiger partial charge in [-0.3, -0.25) is 15.0 Å². The van der Waals surface area contributed by atoms with Crippen molar-refractivity contribution in [2.75, 3.05) is 5.32 Å².